The molecular formula is C24H24N2O2. The summed E-state index contributed by atoms with van der Waals surface area (Å²) >= 11 is 0. The van der Waals surface area contributed by atoms with E-state index in [0.717, 1.165) is 11.1 Å². The predicted octanol–water partition coefficient (Wildman–Crippen LogP) is 4.43. The summed E-state index contributed by atoms with van der Waals surface area (Å²) in [4.78, 5) is 25.3. The van der Waals surface area contributed by atoms with Gasteiger partial charge in [0.15, 0.2) is 0 Å². The Balaban J connectivity index is 1.70. The first kappa shape index (κ1) is 19.4. The Morgan fingerprint density at radius 1 is 0.714 bits per heavy atom. The minimum atomic E-state index is -0.406. The maximum Gasteiger partial charge on any atom is 0.251 e. The largest absolute Gasteiger partial charge is 0.350 e. The van der Waals surface area contributed by atoms with Gasteiger partial charge < -0.3 is 10.6 Å². The molecule has 4 heteroatoms. The summed E-state index contributed by atoms with van der Waals surface area (Å²) < 4.78 is 0. The SMILES string of the molecule is C[C@H](NC(=O)C[C@H](NC(=O)c1ccccc1)c1ccccc1)c1ccccc1. The second-order valence-corrected chi connectivity index (χ2v) is 6.71. The van der Waals surface area contributed by atoms with Gasteiger partial charge in [0, 0.05) is 5.56 Å². The zero-order valence-electron chi connectivity index (χ0n) is 15.8. The van der Waals surface area contributed by atoms with Crippen LogP contribution in [0.2, 0.25) is 0 Å². The summed E-state index contributed by atoms with van der Waals surface area (Å²) in [5, 5.41) is 6.01. The average Bonchev–Trinajstić information content (AvgIpc) is 2.75. The van der Waals surface area contributed by atoms with Gasteiger partial charge >= 0.3 is 0 Å². The lowest BCUT2D eigenvalue weighted by atomic mass is 10.0. The first-order valence-corrected chi connectivity index (χ1v) is 9.38. The van der Waals surface area contributed by atoms with Gasteiger partial charge in [-0.05, 0) is 30.2 Å². The highest BCUT2D eigenvalue weighted by Gasteiger charge is 2.20. The summed E-state index contributed by atoms with van der Waals surface area (Å²) in [6, 6.07) is 27.9. The van der Waals surface area contributed by atoms with Crippen LogP contribution in [0.4, 0.5) is 0 Å². The standard InChI is InChI=1S/C24H24N2O2/c1-18(19-11-5-2-6-12-19)25-23(27)17-22(20-13-7-3-8-14-20)26-24(28)21-15-9-4-10-16-21/h2-16,18,22H,17H2,1H3,(H,25,27)(H,26,28)/t18-,22-/m0/s1. The zero-order chi connectivity index (χ0) is 19.8. The molecule has 0 aromatic heterocycles. The van der Waals surface area contributed by atoms with Crippen molar-refractivity contribution in [2.45, 2.75) is 25.4 Å². The molecule has 3 rings (SSSR count). The van der Waals surface area contributed by atoms with Crippen LogP contribution in [0.25, 0.3) is 0 Å². The van der Waals surface area contributed by atoms with Gasteiger partial charge in [-0.2, -0.15) is 0 Å². The fourth-order valence-electron chi connectivity index (χ4n) is 3.08. The molecule has 2 N–H and O–H groups in total. The lowest BCUT2D eigenvalue weighted by molar-refractivity contribution is -0.122. The highest BCUT2D eigenvalue weighted by atomic mass is 16.2. The fraction of sp³-hybridized carbons (Fsp3) is 0.167. The van der Waals surface area contributed by atoms with Crippen LogP contribution < -0.4 is 10.6 Å². The Hall–Kier alpha value is -3.40. The topological polar surface area (TPSA) is 58.2 Å². The van der Waals surface area contributed by atoms with Gasteiger partial charge in [0.2, 0.25) is 5.91 Å². The molecule has 0 bridgehead atoms. The van der Waals surface area contributed by atoms with Gasteiger partial charge in [-0.1, -0.05) is 78.9 Å². The second kappa shape index (κ2) is 9.51. The monoisotopic (exact) mass is 372 g/mol. The van der Waals surface area contributed by atoms with E-state index in [-0.39, 0.29) is 24.3 Å². The molecule has 0 aliphatic rings. The van der Waals surface area contributed by atoms with Crippen LogP contribution in [-0.4, -0.2) is 11.8 Å². The van der Waals surface area contributed by atoms with Crippen molar-refractivity contribution in [2.75, 3.05) is 0 Å². The van der Waals surface area contributed by atoms with Crippen LogP contribution in [0, 0.1) is 0 Å². The number of hydrogen-bond acceptors (Lipinski definition) is 2. The molecule has 2 amide bonds. The third-order valence-corrected chi connectivity index (χ3v) is 4.61. The summed E-state index contributed by atoms with van der Waals surface area (Å²) in [5.41, 5.74) is 2.51. The number of rotatable bonds is 7. The number of benzene rings is 3. The van der Waals surface area contributed by atoms with Crippen molar-refractivity contribution in [3.05, 3.63) is 108 Å². The minimum Gasteiger partial charge on any atom is -0.350 e. The van der Waals surface area contributed by atoms with E-state index in [1.807, 2.05) is 85.8 Å². The molecule has 3 aromatic carbocycles. The smallest absolute Gasteiger partial charge is 0.251 e. The summed E-state index contributed by atoms with van der Waals surface area (Å²) in [5.74, 6) is -0.308. The number of hydrogen-bond donors (Lipinski definition) is 2. The van der Waals surface area contributed by atoms with Crippen LogP contribution in [0.5, 0.6) is 0 Å². The van der Waals surface area contributed by atoms with Crippen LogP contribution >= 0.6 is 0 Å². The Labute approximate surface area is 165 Å². The second-order valence-electron chi connectivity index (χ2n) is 6.71. The van der Waals surface area contributed by atoms with E-state index in [2.05, 4.69) is 10.6 Å². The fourth-order valence-corrected chi connectivity index (χ4v) is 3.08. The predicted molar refractivity (Wildman–Crippen MR) is 111 cm³/mol. The van der Waals surface area contributed by atoms with Gasteiger partial charge in [-0.3, -0.25) is 9.59 Å². The molecule has 0 aliphatic heterocycles. The van der Waals surface area contributed by atoms with Crippen molar-refractivity contribution in [2.24, 2.45) is 0 Å². The van der Waals surface area contributed by atoms with E-state index >= 15 is 0 Å². The summed E-state index contributed by atoms with van der Waals surface area (Å²) in [6.07, 6.45) is 0.166. The molecule has 28 heavy (non-hydrogen) atoms. The highest BCUT2D eigenvalue weighted by Crippen LogP contribution is 2.19. The first-order valence-electron chi connectivity index (χ1n) is 9.38. The maximum absolute atomic E-state index is 12.7. The normalized spacial score (nSPS) is 12.6. The minimum absolute atomic E-state index is 0.102. The molecule has 0 spiro atoms. The van der Waals surface area contributed by atoms with Crippen LogP contribution in [0.3, 0.4) is 0 Å². The van der Waals surface area contributed by atoms with Crippen LogP contribution in [-0.2, 0) is 4.79 Å². The third-order valence-electron chi connectivity index (χ3n) is 4.61. The van der Waals surface area contributed by atoms with E-state index < -0.39 is 6.04 Å². The quantitative estimate of drug-likeness (QED) is 0.645. The molecule has 0 saturated carbocycles. The number of carbonyl (C=O) groups excluding carboxylic acids is 2. The van der Waals surface area contributed by atoms with E-state index in [1.54, 1.807) is 12.1 Å². The molecule has 4 nitrogen and oxygen atoms in total. The van der Waals surface area contributed by atoms with Gasteiger partial charge in [0.25, 0.3) is 5.91 Å². The Morgan fingerprint density at radius 2 is 1.21 bits per heavy atom. The highest BCUT2D eigenvalue weighted by molar-refractivity contribution is 5.94. The van der Waals surface area contributed by atoms with Crippen molar-refractivity contribution < 1.29 is 9.59 Å². The van der Waals surface area contributed by atoms with Crippen LogP contribution in [0.1, 0.15) is 46.9 Å². The molecule has 0 aliphatic carbocycles. The number of nitrogens with one attached hydrogen (secondary N) is 2. The lowest BCUT2D eigenvalue weighted by Gasteiger charge is -2.21. The Bertz CT molecular complexity index is 896. The van der Waals surface area contributed by atoms with Crippen molar-refractivity contribution in [3.8, 4) is 0 Å². The summed E-state index contributed by atoms with van der Waals surface area (Å²) in [6.45, 7) is 1.95. The molecule has 2 atom stereocenters. The zero-order valence-corrected chi connectivity index (χ0v) is 15.8. The van der Waals surface area contributed by atoms with Gasteiger partial charge in [0.05, 0.1) is 18.5 Å². The molecule has 0 radical (unpaired) electrons. The molecule has 0 unspecified atom stereocenters. The number of amides is 2. The molecule has 0 heterocycles. The van der Waals surface area contributed by atoms with Crippen molar-refractivity contribution >= 4 is 11.8 Å². The molecular weight excluding hydrogens is 348 g/mol. The van der Waals surface area contributed by atoms with Gasteiger partial charge in [-0.25, -0.2) is 0 Å². The van der Waals surface area contributed by atoms with E-state index in [1.165, 1.54) is 0 Å². The maximum atomic E-state index is 12.7. The van der Waals surface area contributed by atoms with Gasteiger partial charge in [0.1, 0.15) is 0 Å². The molecule has 0 saturated heterocycles. The van der Waals surface area contributed by atoms with E-state index in [9.17, 15) is 9.59 Å². The van der Waals surface area contributed by atoms with E-state index in [0.29, 0.717) is 5.56 Å². The Morgan fingerprint density at radius 3 is 1.79 bits per heavy atom. The molecule has 142 valence electrons. The van der Waals surface area contributed by atoms with Crippen molar-refractivity contribution in [1.82, 2.24) is 10.6 Å². The van der Waals surface area contributed by atoms with Crippen molar-refractivity contribution in [3.63, 3.8) is 0 Å². The Kier molecular flexibility index (Phi) is 6.58. The lowest BCUT2D eigenvalue weighted by Crippen LogP contribution is -2.34. The number of carbonyl (C=O) groups is 2. The third kappa shape index (κ3) is 5.30. The molecule has 0 fully saturated rings. The first-order chi connectivity index (χ1) is 13.6. The van der Waals surface area contributed by atoms with Crippen molar-refractivity contribution in [1.29, 1.82) is 0 Å². The van der Waals surface area contributed by atoms with Gasteiger partial charge in [-0.15, -0.1) is 0 Å². The van der Waals surface area contributed by atoms with E-state index in [4.69, 9.17) is 0 Å². The average molecular weight is 372 g/mol. The van der Waals surface area contributed by atoms with Crippen LogP contribution in [0.15, 0.2) is 91.0 Å². The molecule has 3 aromatic rings. The summed E-state index contributed by atoms with van der Waals surface area (Å²) in [7, 11) is 0.